The highest BCUT2D eigenvalue weighted by Crippen LogP contribution is 2.38. The minimum absolute atomic E-state index is 0.00640. The Balaban J connectivity index is 1.05. The maximum atomic E-state index is 12.9. The quantitative estimate of drug-likeness (QED) is 0.0561. The Morgan fingerprint density at radius 1 is 0.719 bits per heavy atom. The molecule has 12 nitrogen and oxygen atoms in total. The Labute approximate surface area is 340 Å². The second kappa shape index (κ2) is 24.5. The van der Waals surface area contributed by atoms with E-state index < -0.39 is 11.6 Å². The van der Waals surface area contributed by atoms with Gasteiger partial charge in [-0.25, -0.2) is 9.59 Å². The summed E-state index contributed by atoms with van der Waals surface area (Å²) in [5, 5.41) is 10.6. The van der Waals surface area contributed by atoms with Gasteiger partial charge in [-0.3, -0.25) is 9.80 Å². The molecule has 4 rings (SSSR count). The summed E-state index contributed by atoms with van der Waals surface area (Å²) < 4.78 is 40.5. The van der Waals surface area contributed by atoms with E-state index in [-0.39, 0.29) is 30.2 Å². The number of esters is 1. The average molecular weight is 797 g/mol. The van der Waals surface area contributed by atoms with Crippen LogP contribution in [-0.4, -0.2) is 137 Å². The first-order valence-corrected chi connectivity index (χ1v) is 20.7. The molecule has 2 fully saturated rings. The number of nitrogens with zero attached hydrogens (tertiary/aromatic N) is 2. The van der Waals surface area contributed by atoms with E-state index in [1.807, 2.05) is 84.0 Å². The first-order chi connectivity index (χ1) is 27.4. The molecule has 318 valence electrons. The summed E-state index contributed by atoms with van der Waals surface area (Å²) in [5.41, 5.74) is 4.53. The van der Waals surface area contributed by atoms with E-state index in [1.165, 1.54) is 0 Å². The Morgan fingerprint density at radius 2 is 1.25 bits per heavy atom. The van der Waals surface area contributed by atoms with E-state index in [0.29, 0.717) is 65.2 Å². The van der Waals surface area contributed by atoms with Crippen LogP contribution in [0.3, 0.4) is 0 Å². The third-order valence-electron chi connectivity index (χ3n) is 10.2. The van der Waals surface area contributed by atoms with Crippen LogP contribution in [-0.2, 0) is 49.4 Å². The molecule has 1 saturated heterocycles. The van der Waals surface area contributed by atoms with E-state index in [2.05, 4.69) is 9.80 Å². The Morgan fingerprint density at radius 3 is 1.79 bits per heavy atom. The fraction of sp³-hybridized carbons (Fsp3) is 0.644. The van der Waals surface area contributed by atoms with Crippen LogP contribution in [0.1, 0.15) is 74.3 Å². The topological polar surface area (TPSA) is 125 Å². The number of benzene rings is 2. The van der Waals surface area contributed by atoms with Gasteiger partial charge in [0.2, 0.25) is 0 Å². The van der Waals surface area contributed by atoms with E-state index in [9.17, 15) is 14.7 Å². The average Bonchev–Trinajstić information content (AvgIpc) is 3.16. The van der Waals surface area contributed by atoms with Crippen LogP contribution < -0.4 is 0 Å². The molecule has 0 bridgehead atoms. The molecule has 1 N–H and O–H groups in total. The molecule has 12 heteroatoms. The highest BCUT2D eigenvalue weighted by Gasteiger charge is 2.32. The van der Waals surface area contributed by atoms with Gasteiger partial charge in [0.05, 0.1) is 59.0 Å². The minimum Gasteiger partial charge on any atom is -0.492 e. The van der Waals surface area contributed by atoms with Crippen molar-refractivity contribution >= 4 is 17.5 Å². The van der Waals surface area contributed by atoms with Gasteiger partial charge in [-0.15, -0.1) is 0 Å². The van der Waals surface area contributed by atoms with E-state index in [4.69, 9.17) is 33.2 Å². The molecule has 57 heavy (non-hydrogen) atoms. The standard InChI is InChI=1S/C45H68N2O10/c1-34-30-35(2)41(36(3)31-34)42(44(49)50)43(56-32-37-10-8-7-9-11-37)38-12-14-39(15-13-38)55-29-28-53-25-24-51-22-20-46-16-18-47(19-17-46)21-23-52-26-27-54-33-40(48)57-45(4,5)6/h7-11,30-31,38-39H,12-29,32-33H2,1-6H3,(H,49,50)/b43-42+. The Bertz CT molecular complexity index is 1500. The van der Waals surface area contributed by atoms with Crippen molar-refractivity contribution in [2.75, 3.05) is 98.7 Å². The van der Waals surface area contributed by atoms with Crippen molar-refractivity contribution < 1.29 is 47.9 Å². The van der Waals surface area contributed by atoms with E-state index >= 15 is 0 Å². The normalized spacial score (nSPS) is 18.6. The first kappa shape index (κ1) is 46.3. The zero-order valence-electron chi connectivity index (χ0n) is 35.4. The molecule has 0 spiro atoms. The molecular weight excluding hydrogens is 728 g/mol. The zero-order chi connectivity index (χ0) is 41.0. The molecule has 0 radical (unpaired) electrons. The number of rotatable bonds is 24. The molecule has 0 aromatic heterocycles. The van der Waals surface area contributed by atoms with Crippen LogP contribution in [0, 0.1) is 26.7 Å². The highest BCUT2D eigenvalue weighted by molar-refractivity contribution is 6.17. The third-order valence-corrected chi connectivity index (χ3v) is 10.2. The molecule has 0 unspecified atom stereocenters. The molecular formula is C45H68N2O10. The summed E-state index contributed by atoms with van der Waals surface area (Å²) in [5.74, 6) is -0.749. The Kier molecular flexibility index (Phi) is 19.9. The van der Waals surface area contributed by atoms with Crippen molar-refractivity contribution in [2.24, 2.45) is 5.92 Å². The summed E-state index contributed by atoms with van der Waals surface area (Å²) in [7, 11) is 0. The lowest BCUT2D eigenvalue weighted by molar-refractivity contribution is -0.160. The molecule has 2 aliphatic rings. The molecule has 1 saturated carbocycles. The minimum atomic E-state index is -0.956. The van der Waals surface area contributed by atoms with Crippen LogP contribution in [0.15, 0.2) is 48.2 Å². The number of carboxylic acid groups (broad SMARTS) is 1. The van der Waals surface area contributed by atoms with Gasteiger partial charge in [0.25, 0.3) is 0 Å². The number of aliphatic carboxylic acids is 1. The number of aryl methyl sites for hydroxylation is 3. The lowest BCUT2D eigenvalue weighted by Gasteiger charge is -2.34. The fourth-order valence-electron chi connectivity index (χ4n) is 7.50. The van der Waals surface area contributed by atoms with Crippen molar-refractivity contribution in [3.8, 4) is 0 Å². The van der Waals surface area contributed by atoms with Crippen LogP contribution >= 0.6 is 0 Å². The molecule has 2 aromatic rings. The van der Waals surface area contributed by atoms with Crippen molar-refractivity contribution in [2.45, 2.75) is 85.5 Å². The van der Waals surface area contributed by atoms with Gasteiger partial charge in [0.15, 0.2) is 0 Å². The summed E-state index contributed by atoms with van der Waals surface area (Å²) in [6.45, 7) is 21.8. The van der Waals surface area contributed by atoms with Crippen LogP contribution in [0.5, 0.6) is 0 Å². The van der Waals surface area contributed by atoms with Crippen molar-refractivity contribution in [1.82, 2.24) is 9.80 Å². The van der Waals surface area contributed by atoms with Crippen molar-refractivity contribution in [3.63, 3.8) is 0 Å². The molecule has 1 heterocycles. The summed E-state index contributed by atoms with van der Waals surface area (Å²) in [6.07, 6.45) is 3.37. The highest BCUT2D eigenvalue weighted by atomic mass is 16.6. The summed E-state index contributed by atoms with van der Waals surface area (Å²) >= 11 is 0. The largest absolute Gasteiger partial charge is 0.492 e. The van der Waals surface area contributed by atoms with Gasteiger partial charge in [-0.1, -0.05) is 48.0 Å². The van der Waals surface area contributed by atoms with Gasteiger partial charge in [0, 0.05) is 45.2 Å². The van der Waals surface area contributed by atoms with E-state index in [1.54, 1.807) is 0 Å². The molecule has 1 aliphatic carbocycles. The molecule has 1 aliphatic heterocycles. The fourth-order valence-corrected chi connectivity index (χ4v) is 7.50. The number of carbonyl (C=O) groups is 2. The lowest BCUT2D eigenvalue weighted by atomic mass is 9.82. The van der Waals surface area contributed by atoms with E-state index in [0.717, 1.165) is 92.8 Å². The predicted molar refractivity (Wildman–Crippen MR) is 220 cm³/mol. The van der Waals surface area contributed by atoms with Crippen molar-refractivity contribution in [3.05, 3.63) is 76.0 Å². The maximum absolute atomic E-state index is 12.9. The lowest BCUT2D eigenvalue weighted by Crippen LogP contribution is -2.48. The second-order valence-electron chi connectivity index (χ2n) is 16.1. The van der Waals surface area contributed by atoms with Gasteiger partial charge in [-0.05, 0) is 89.5 Å². The first-order valence-electron chi connectivity index (χ1n) is 20.7. The summed E-state index contributed by atoms with van der Waals surface area (Å²) in [4.78, 5) is 29.4. The van der Waals surface area contributed by atoms with Gasteiger partial charge in [-0.2, -0.15) is 0 Å². The number of carboxylic acids is 1. The predicted octanol–water partition coefficient (Wildman–Crippen LogP) is 6.23. The molecule has 0 amide bonds. The Hall–Kier alpha value is -3.36. The van der Waals surface area contributed by atoms with Gasteiger partial charge >= 0.3 is 11.9 Å². The van der Waals surface area contributed by atoms with Gasteiger partial charge < -0.3 is 38.3 Å². The van der Waals surface area contributed by atoms with Crippen LogP contribution in [0.25, 0.3) is 5.57 Å². The molecule has 0 atom stereocenters. The number of carbonyl (C=O) groups excluding carboxylic acids is 1. The second-order valence-corrected chi connectivity index (χ2v) is 16.1. The number of ether oxygens (including phenoxy) is 7. The van der Waals surface area contributed by atoms with Crippen molar-refractivity contribution in [1.29, 1.82) is 0 Å². The number of hydrogen-bond acceptors (Lipinski definition) is 11. The van der Waals surface area contributed by atoms with Crippen LogP contribution in [0.2, 0.25) is 0 Å². The monoisotopic (exact) mass is 796 g/mol. The maximum Gasteiger partial charge on any atom is 0.339 e. The third kappa shape index (κ3) is 17.2. The molecule has 2 aromatic carbocycles. The zero-order valence-corrected chi connectivity index (χ0v) is 35.4. The van der Waals surface area contributed by atoms with Crippen LogP contribution in [0.4, 0.5) is 0 Å². The number of piperazine rings is 1. The smallest absolute Gasteiger partial charge is 0.339 e. The SMILES string of the molecule is Cc1cc(C)c(/C(C(=O)O)=C(\OCc2ccccc2)C2CCC(OCCOCCOCCN3CCN(CCOCCOCC(=O)OC(C)(C)C)CC3)CC2)c(C)c1. The number of allylic oxidation sites excluding steroid dienone is 1. The summed E-state index contributed by atoms with van der Waals surface area (Å²) in [6, 6.07) is 14.0. The van der Waals surface area contributed by atoms with Gasteiger partial charge in [0.1, 0.15) is 30.1 Å². The number of hydrogen-bond donors (Lipinski definition) is 1.